The van der Waals surface area contributed by atoms with Crippen molar-refractivity contribution in [3.05, 3.63) is 16.7 Å². The average molecular weight is 525 g/mol. The van der Waals surface area contributed by atoms with Gasteiger partial charge in [-0.15, -0.1) is 0 Å². The van der Waals surface area contributed by atoms with Crippen molar-refractivity contribution in [2.75, 3.05) is 23.7 Å². The molecule has 1 atom stereocenters. The van der Waals surface area contributed by atoms with Crippen LogP contribution in [0, 0.1) is 0 Å². The molecule has 0 bridgehead atoms. The van der Waals surface area contributed by atoms with E-state index in [1.165, 1.54) is 4.52 Å². The highest BCUT2D eigenvalue weighted by Crippen LogP contribution is 2.25. The van der Waals surface area contributed by atoms with Crippen LogP contribution in [0.25, 0.3) is 5.65 Å². The zero-order valence-corrected chi connectivity index (χ0v) is 21.7. The Balaban J connectivity index is 1.67. The minimum Gasteiger partial charge on any atom is -0.444 e. The zero-order valence-electron chi connectivity index (χ0n) is 20.1. The summed E-state index contributed by atoms with van der Waals surface area (Å²) < 4.78 is 13.1. The number of hydrogen-bond donors (Lipinski definition) is 2. The standard InChI is InChI=1S/C22H33BrN6O4/c1-21(2,3)32-19(30)27-17-12-16(26-18-15(23)13-25-29(17)18)24-10-9-14-8-7-11-28(14)20(31)33-22(4,5)6/h12-14H,7-11H2,1-6H3,(H,24,26)(H,27,30)/t14-/m1/s1. The molecule has 182 valence electrons. The lowest BCUT2D eigenvalue weighted by Gasteiger charge is -2.28. The van der Waals surface area contributed by atoms with Crippen LogP contribution in [0.3, 0.4) is 0 Å². The molecular weight excluding hydrogens is 492 g/mol. The summed E-state index contributed by atoms with van der Waals surface area (Å²) >= 11 is 3.44. The lowest BCUT2D eigenvalue weighted by atomic mass is 10.1. The molecule has 2 N–H and O–H groups in total. The van der Waals surface area contributed by atoms with Crippen LogP contribution < -0.4 is 10.6 Å². The molecule has 3 rings (SSSR count). The molecule has 1 fully saturated rings. The first-order valence-corrected chi connectivity index (χ1v) is 11.9. The molecule has 0 unspecified atom stereocenters. The fourth-order valence-electron chi connectivity index (χ4n) is 3.59. The number of likely N-dealkylation sites (tertiary alicyclic amines) is 1. The van der Waals surface area contributed by atoms with E-state index in [9.17, 15) is 9.59 Å². The SMILES string of the molecule is CC(C)(C)OC(=O)Nc1cc(NCC[C@H]2CCCN2C(=O)OC(C)(C)C)nc2c(Br)cnn12. The van der Waals surface area contributed by atoms with Gasteiger partial charge in [-0.25, -0.2) is 14.6 Å². The van der Waals surface area contributed by atoms with Gasteiger partial charge in [0.1, 0.15) is 22.8 Å². The van der Waals surface area contributed by atoms with Crippen molar-refractivity contribution in [2.24, 2.45) is 0 Å². The Morgan fingerprint density at radius 2 is 1.88 bits per heavy atom. The number of hydrogen-bond acceptors (Lipinski definition) is 7. The maximum absolute atomic E-state index is 12.5. The molecule has 10 nitrogen and oxygen atoms in total. The number of fused-ring (bicyclic) bond motifs is 1. The van der Waals surface area contributed by atoms with E-state index in [1.807, 2.05) is 25.7 Å². The summed E-state index contributed by atoms with van der Waals surface area (Å²) in [4.78, 5) is 31.2. The molecular formula is C22H33BrN6O4. The second kappa shape index (κ2) is 9.74. The topological polar surface area (TPSA) is 110 Å². The first-order chi connectivity index (χ1) is 15.3. The van der Waals surface area contributed by atoms with E-state index in [-0.39, 0.29) is 12.1 Å². The highest BCUT2D eigenvalue weighted by Gasteiger charge is 2.31. The summed E-state index contributed by atoms with van der Waals surface area (Å²) in [6.45, 7) is 12.3. The monoisotopic (exact) mass is 524 g/mol. The molecule has 1 aliphatic heterocycles. The second-order valence-corrected chi connectivity index (χ2v) is 10.9. The van der Waals surface area contributed by atoms with E-state index in [0.29, 0.717) is 34.8 Å². The number of carbonyl (C=O) groups excluding carboxylic acids is 2. The Morgan fingerprint density at radius 1 is 1.18 bits per heavy atom. The maximum Gasteiger partial charge on any atom is 0.413 e. The van der Waals surface area contributed by atoms with Crippen LogP contribution in [0.1, 0.15) is 60.8 Å². The van der Waals surface area contributed by atoms with Crippen molar-refractivity contribution in [1.29, 1.82) is 0 Å². The number of halogens is 1. The van der Waals surface area contributed by atoms with Crippen LogP contribution in [0.15, 0.2) is 16.7 Å². The Labute approximate surface area is 202 Å². The lowest BCUT2D eigenvalue weighted by molar-refractivity contribution is 0.0222. The molecule has 2 amide bonds. The van der Waals surface area contributed by atoms with Crippen LogP contribution in [-0.2, 0) is 9.47 Å². The van der Waals surface area contributed by atoms with Gasteiger partial charge in [-0.1, -0.05) is 0 Å². The predicted octanol–water partition coefficient (Wildman–Crippen LogP) is 5.04. The fourth-order valence-corrected chi connectivity index (χ4v) is 3.94. The quantitative estimate of drug-likeness (QED) is 0.563. The van der Waals surface area contributed by atoms with E-state index in [1.54, 1.807) is 33.0 Å². The molecule has 0 aromatic carbocycles. The predicted molar refractivity (Wildman–Crippen MR) is 130 cm³/mol. The Morgan fingerprint density at radius 3 is 2.55 bits per heavy atom. The second-order valence-electron chi connectivity index (χ2n) is 10.1. The number of anilines is 2. The van der Waals surface area contributed by atoms with Gasteiger partial charge in [0.05, 0.1) is 10.7 Å². The van der Waals surface area contributed by atoms with E-state index in [4.69, 9.17) is 9.47 Å². The molecule has 11 heteroatoms. The normalized spacial score (nSPS) is 16.7. The molecule has 3 heterocycles. The summed E-state index contributed by atoms with van der Waals surface area (Å²) in [6.07, 6.45) is 3.42. The Kier molecular flexibility index (Phi) is 7.40. The van der Waals surface area contributed by atoms with Crippen molar-refractivity contribution in [3.8, 4) is 0 Å². The van der Waals surface area contributed by atoms with Gasteiger partial charge in [-0.05, 0) is 76.7 Å². The molecule has 2 aromatic rings. The molecule has 33 heavy (non-hydrogen) atoms. The summed E-state index contributed by atoms with van der Waals surface area (Å²) in [6, 6.07) is 1.81. The van der Waals surface area contributed by atoms with Gasteiger partial charge in [0.25, 0.3) is 0 Å². The van der Waals surface area contributed by atoms with E-state index < -0.39 is 17.3 Å². The molecule has 2 aromatic heterocycles. The number of nitrogens with one attached hydrogen (secondary N) is 2. The molecule has 0 aliphatic carbocycles. The van der Waals surface area contributed by atoms with Crippen molar-refractivity contribution in [2.45, 2.75) is 78.0 Å². The van der Waals surface area contributed by atoms with Crippen molar-refractivity contribution >= 4 is 45.4 Å². The average Bonchev–Trinajstić information content (AvgIpc) is 3.26. The molecule has 0 saturated carbocycles. The minimum absolute atomic E-state index is 0.108. The van der Waals surface area contributed by atoms with Crippen molar-refractivity contribution < 1.29 is 19.1 Å². The maximum atomic E-state index is 12.5. The van der Waals surface area contributed by atoms with Crippen LogP contribution >= 0.6 is 15.9 Å². The first-order valence-electron chi connectivity index (χ1n) is 11.1. The van der Waals surface area contributed by atoms with Gasteiger partial charge >= 0.3 is 12.2 Å². The largest absolute Gasteiger partial charge is 0.444 e. The zero-order chi connectivity index (χ0) is 24.4. The van der Waals surface area contributed by atoms with Crippen LogP contribution in [0.5, 0.6) is 0 Å². The summed E-state index contributed by atoms with van der Waals surface area (Å²) in [5.74, 6) is 1.01. The van der Waals surface area contributed by atoms with E-state index in [0.717, 1.165) is 19.3 Å². The Bertz CT molecular complexity index is 1010. The molecule has 1 aliphatic rings. The van der Waals surface area contributed by atoms with Gasteiger partial charge in [-0.2, -0.15) is 9.61 Å². The van der Waals surface area contributed by atoms with E-state index in [2.05, 4.69) is 36.6 Å². The van der Waals surface area contributed by atoms with Gasteiger partial charge in [0.15, 0.2) is 5.65 Å². The van der Waals surface area contributed by atoms with Crippen LogP contribution in [0.2, 0.25) is 0 Å². The number of carbonyl (C=O) groups is 2. The Hall–Kier alpha value is -2.56. The number of rotatable bonds is 5. The molecule has 1 saturated heterocycles. The first kappa shape index (κ1) is 25.1. The highest BCUT2D eigenvalue weighted by atomic mass is 79.9. The third-order valence-electron chi connectivity index (χ3n) is 4.85. The smallest absolute Gasteiger partial charge is 0.413 e. The summed E-state index contributed by atoms with van der Waals surface area (Å²) in [5.41, 5.74) is -0.580. The minimum atomic E-state index is -0.622. The number of aromatic nitrogens is 3. The fraction of sp³-hybridized carbons (Fsp3) is 0.636. The summed E-state index contributed by atoms with van der Waals surface area (Å²) in [5, 5.41) is 10.3. The third kappa shape index (κ3) is 6.96. The summed E-state index contributed by atoms with van der Waals surface area (Å²) in [7, 11) is 0. The molecule has 0 spiro atoms. The highest BCUT2D eigenvalue weighted by molar-refractivity contribution is 9.10. The lowest BCUT2D eigenvalue weighted by Crippen LogP contribution is -2.40. The number of ether oxygens (including phenoxy) is 2. The van der Waals surface area contributed by atoms with Crippen LogP contribution in [0.4, 0.5) is 21.2 Å². The number of nitrogens with zero attached hydrogens (tertiary/aromatic N) is 4. The van der Waals surface area contributed by atoms with Crippen LogP contribution in [-0.4, -0.2) is 62.0 Å². The van der Waals surface area contributed by atoms with Gasteiger partial charge < -0.3 is 19.7 Å². The van der Waals surface area contributed by atoms with Crippen molar-refractivity contribution in [1.82, 2.24) is 19.5 Å². The third-order valence-corrected chi connectivity index (χ3v) is 5.41. The van der Waals surface area contributed by atoms with Gasteiger partial charge in [0.2, 0.25) is 0 Å². The van der Waals surface area contributed by atoms with Crippen molar-refractivity contribution in [3.63, 3.8) is 0 Å². The van der Waals surface area contributed by atoms with Gasteiger partial charge in [0, 0.05) is 25.2 Å². The number of amides is 2. The van der Waals surface area contributed by atoms with Gasteiger partial charge in [-0.3, -0.25) is 5.32 Å². The van der Waals surface area contributed by atoms with E-state index >= 15 is 0 Å². The molecule has 0 radical (unpaired) electrons.